The predicted octanol–water partition coefficient (Wildman–Crippen LogP) is 2.77. The number of likely N-dealkylation sites (N-methyl/N-ethyl adjacent to an activating group) is 1. The molecule has 5 heteroatoms. The molecule has 1 fully saturated rings. The van der Waals surface area contributed by atoms with Gasteiger partial charge >= 0.3 is 0 Å². The van der Waals surface area contributed by atoms with Crippen molar-refractivity contribution in [3.05, 3.63) is 35.4 Å². The molecule has 5 atom stereocenters. The molecule has 4 aliphatic rings. The Hall–Kier alpha value is -1.56. The van der Waals surface area contributed by atoms with E-state index in [1.54, 1.807) is 7.11 Å². The Morgan fingerprint density at radius 2 is 2.15 bits per heavy atom. The fraction of sp³-hybridized carbons (Fsp3) is 0.636. The first-order valence-corrected chi connectivity index (χ1v) is 10.1. The van der Waals surface area contributed by atoms with E-state index in [0.29, 0.717) is 31.1 Å². The van der Waals surface area contributed by atoms with Crippen LogP contribution in [0.15, 0.2) is 24.3 Å². The van der Waals surface area contributed by atoms with E-state index in [0.717, 1.165) is 30.9 Å². The Bertz CT molecular complexity index is 763. The summed E-state index contributed by atoms with van der Waals surface area (Å²) in [5.74, 6) is 2.73. The largest absolute Gasteiger partial charge is 0.485 e. The number of nitrogens with zero attached hydrogens (tertiary/aromatic N) is 1. The van der Waals surface area contributed by atoms with E-state index in [1.807, 2.05) is 0 Å². The van der Waals surface area contributed by atoms with Crippen molar-refractivity contribution in [2.75, 3.05) is 40.7 Å². The smallest absolute Gasteiger partial charge is 0.189 e. The van der Waals surface area contributed by atoms with Gasteiger partial charge in [-0.1, -0.05) is 25.1 Å². The van der Waals surface area contributed by atoms with E-state index in [2.05, 4.69) is 43.2 Å². The van der Waals surface area contributed by atoms with E-state index < -0.39 is 0 Å². The molecular weight excluding hydrogens is 342 g/mol. The second kappa shape index (κ2) is 6.50. The topological polar surface area (TPSA) is 40.2 Å². The summed E-state index contributed by atoms with van der Waals surface area (Å²) in [6.07, 6.45) is 7.29. The maximum absolute atomic E-state index is 6.66. The Morgan fingerprint density at radius 1 is 1.26 bits per heavy atom. The summed E-state index contributed by atoms with van der Waals surface area (Å²) in [4.78, 5) is 2.54. The third-order valence-electron chi connectivity index (χ3n) is 7.14. The summed E-state index contributed by atoms with van der Waals surface area (Å²) in [7, 11) is 3.94. The van der Waals surface area contributed by atoms with Gasteiger partial charge in [-0.25, -0.2) is 0 Å². The van der Waals surface area contributed by atoms with Crippen LogP contribution in [0.5, 0.6) is 11.5 Å². The molecule has 0 saturated carbocycles. The summed E-state index contributed by atoms with van der Waals surface area (Å²) >= 11 is 0. The Kier molecular flexibility index (Phi) is 4.22. The number of benzene rings is 1. The van der Waals surface area contributed by atoms with Crippen LogP contribution in [0.1, 0.15) is 24.5 Å². The number of hydrogen-bond acceptors (Lipinski definition) is 5. The van der Waals surface area contributed by atoms with Gasteiger partial charge in [0.15, 0.2) is 18.3 Å². The van der Waals surface area contributed by atoms with Crippen LogP contribution in [-0.2, 0) is 21.3 Å². The minimum atomic E-state index is 0.102. The van der Waals surface area contributed by atoms with Crippen molar-refractivity contribution in [1.29, 1.82) is 0 Å². The molecule has 1 aromatic rings. The number of ether oxygens (including phenoxy) is 4. The van der Waals surface area contributed by atoms with E-state index in [9.17, 15) is 0 Å². The zero-order chi connectivity index (χ0) is 18.6. The van der Waals surface area contributed by atoms with E-state index >= 15 is 0 Å². The molecule has 5 nitrogen and oxygen atoms in total. The zero-order valence-electron chi connectivity index (χ0n) is 16.4. The maximum atomic E-state index is 6.66. The summed E-state index contributed by atoms with van der Waals surface area (Å²) in [6, 6.07) is 4.88. The molecule has 2 aliphatic heterocycles. The van der Waals surface area contributed by atoms with Crippen LogP contribution in [0.25, 0.3) is 0 Å². The highest BCUT2D eigenvalue weighted by molar-refractivity contribution is 5.62. The minimum absolute atomic E-state index is 0.102. The molecule has 27 heavy (non-hydrogen) atoms. The van der Waals surface area contributed by atoms with Gasteiger partial charge in [0, 0.05) is 36.0 Å². The summed E-state index contributed by atoms with van der Waals surface area (Å²) in [6.45, 7) is 4.74. The first-order chi connectivity index (χ1) is 13.2. The summed E-state index contributed by atoms with van der Waals surface area (Å²) in [5.41, 5.74) is 2.97. The van der Waals surface area contributed by atoms with Gasteiger partial charge in [0.1, 0.15) is 6.10 Å². The van der Waals surface area contributed by atoms with Gasteiger partial charge < -0.3 is 23.8 Å². The molecule has 5 rings (SSSR count). The summed E-state index contributed by atoms with van der Waals surface area (Å²) < 4.78 is 23.2. The summed E-state index contributed by atoms with van der Waals surface area (Å²) in [5, 5.41) is 0. The predicted molar refractivity (Wildman–Crippen MR) is 102 cm³/mol. The Labute approximate surface area is 161 Å². The van der Waals surface area contributed by atoms with Gasteiger partial charge in [-0.05, 0) is 38.1 Å². The average molecular weight is 371 g/mol. The monoisotopic (exact) mass is 371 g/mol. The van der Waals surface area contributed by atoms with Crippen molar-refractivity contribution < 1.29 is 18.9 Å². The number of methoxy groups -OCH3 is 1. The Balaban J connectivity index is 1.52. The maximum Gasteiger partial charge on any atom is 0.189 e. The molecule has 1 unspecified atom stereocenters. The van der Waals surface area contributed by atoms with Crippen molar-refractivity contribution in [2.24, 2.45) is 11.8 Å². The molecule has 2 bridgehead atoms. The van der Waals surface area contributed by atoms with Crippen LogP contribution in [-0.4, -0.2) is 57.8 Å². The lowest BCUT2D eigenvalue weighted by Crippen LogP contribution is -2.63. The molecular formula is C22H29NO4. The Morgan fingerprint density at radius 3 is 3.00 bits per heavy atom. The van der Waals surface area contributed by atoms with Crippen LogP contribution in [0, 0.1) is 11.8 Å². The first kappa shape index (κ1) is 17.5. The average Bonchev–Trinajstić information content (AvgIpc) is 3.02. The number of likely N-dealkylation sites (tertiary alicyclic amines) is 1. The van der Waals surface area contributed by atoms with Crippen molar-refractivity contribution in [1.82, 2.24) is 4.90 Å². The van der Waals surface area contributed by atoms with Gasteiger partial charge in [0.05, 0.1) is 13.2 Å². The van der Waals surface area contributed by atoms with E-state index in [1.165, 1.54) is 11.1 Å². The normalized spacial score (nSPS) is 35.7. The van der Waals surface area contributed by atoms with Crippen molar-refractivity contribution >= 4 is 0 Å². The number of piperidine rings is 1. The van der Waals surface area contributed by atoms with Crippen molar-refractivity contribution in [3.8, 4) is 11.5 Å². The molecule has 0 aromatic heterocycles. The quantitative estimate of drug-likeness (QED) is 0.437. The van der Waals surface area contributed by atoms with Crippen LogP contribution >= 0.6 is 0 Å². The lowest BCUT2D eigenvalue weighted by molar-refractivity contribution is -0.0186. The van der Waals surface area contributed by atoms with Crippen LogP contribution < -0.4 is 9.47 Å². The van der Waals surface area contributed by atoms with Crippen LogP contribution in [0.4, 0.5) is 0 Å². The van der Waals surface area contributed by atoms with Gasteiger partial charge in [-0.2, -0.15) is 0 Å². The molecule has 2 heterocycles. The van der Waals surface area contributed by atoms with Gasteiger partial charge in [-0.15, -0.1) is 0 Å². The number of rotatable bonds is 6. The highest BCUT2D eigenvalue weighted by Gasteiger charge is 2.63. The van der Waals surface area contributed by atoms with Gasteiger partial charge in [-0.3, -0.25) is 0 Å². The molecule has 0 N–H and O–H groups in total. The van der Waals surface area contributed by atoms with E-state index in [-0.39, 0.29) is 18.3 Å². The lowest BCUT2D eigenvalue weighted by atomic mass is 9.52. The minimum Gasteiger partial charge on any atom is -0.485 e. The second-order valence-corrected chi connectivity index (χ2v) is 8.44. The first-order valence-electron chi connectivity index (χ1n) is 10.1. The highest BCUT2D eigenvalue weighted by atomic mass is 16.7. The highest BCUT2D eigenvalue weighted by Crippen LogP contribution is 2.63. The standard InChI is InChI=1S/C22H29NO4/c1-14-4-6-16-17-12-15-5-7-18(26-13-25-11-10-24-3)20-19(15)22(16,21(14)27-20)8-9-23(17)2/h4-7,14,16-17,21H,8-13H2,1-3H3/t14-,16?,17+,21-,22-/m0/s1. The van der Waals surface area contributed by atoms with Crippen LogP contribution in [0.3, 0.4) is 0 Å². The molecule has 1 aromatic carbocycles. The molecule has 1 spiro atoms. The lowest BCUT2D eigenvalue weighted by Gasteiger charge is -2.56. The van der Waals surface area contributed by atoms with Crippen molar-refractivity contribution in [2.45, 2.75) is 37.3 Å². The fourth-order valence-electron chi connectivity index (χ4n) is 5.91. The molecule has 2 aliphatic carbocycles. The zero-order valence-corrected chi connectivity index (χ0v) is 16.4. The fourth-order valence-corrected chi connectivity index (χ4v) is 5.91. The van der Waals surface area contributed by atoms with Gasteiger partial charge in [0.25, 0.3) is 0 Å². The second-order valence-electron chi connectivity index (χ2n) is 8.44. The van der Waals surface area contributed by atoms with Crippen LogP contribution in [0.2, 0.25) is 0 Å². The molecule has 0 radical (unpaired) electrons. The number of hydrogen-bond donors (Lipinski definition) is 0. The third-order valence-corrected chi connectivity index (χ3v) is 7.14. The molecule has 1 saturated heterocycles. The SMILES string of the molecule is COCCOCOc1ccc2c3c1O[C@H]1[C@@H](C)C=CC4[C@@H](C2)N(C)CC[C@@]341. The third kappa shape index (κ3) is 2.41. The molecule has 0 amide bonds. The van der Waals surface area contributed by atoms with E-state index in [4.69, 9.17) is 18.9 Å². The molecule has 146 valence electrons. The van der Waals surface area contributed by atoms with Crippen molar-refractivity contribution in [3.63, 3.8) is 0 Å². The van der Waals surface area contributed by atoms with Gasteiger partial charge in [0.2, 0.25) is 0 Å².